The van der Waals surface area contributed by atoms with Gasteiger partial charge in [-0.25, -0.2) is 4.98 Å². The van der Waals surface area contributed by atoms with Crippen LogP contribution in [-0.2, 0) is 0 Å². The van der Waals surface area contributed by atoms with E-state index in [0.717, 1.165) is 32.2 Å². The molecule has 0 atom stereocenters. The van der Waals surface area contributed by atoms with Gasteiger partial charge < -0.3 is 4.74 Å². The second-order valence-corrected chi connectivity index (χ2v) is 6.69. The summed E-state index contributed by atoms with van der Waals surface area (Å²) in [6.45, 7) is 2.63. The molecule has 0 radical (unpaired) electrons. The summed E-state index contributed by atoms with van der Waals surface area (Å²) in [5.74, 6) is 0.863. The second kappa shape index (κ2) is 8.08. The predicted octanol–water partition coefficient (Wildman–Crippen LogP) is 5.42. The van der Waals surface area contributed by atoms with Crippen LogP contribution < -0.4 is 10.2 Å². The molecule has 1 heterocycles. The number of nitrogens with zero attached hydrogens (tertiary/aromatic N) is 2. The van der Waals surface area contributed by atoms with Gasteiger partial charge in [0.05, 0.1) is 18.5 Å². The molecule has 0 aliphatic rings. The van der Waals surface area contributed by atoms with Crippen LogP contribution >= 0.6 is 27.3 Å². The second-order valence-electron chi connectivity index (χ2n) is 4.92. The average Bonchev–Trinajstić information content (AvgIpc) is 3.06. The van der Waals surface area contributed by atoms with Crippen LogP contribution in [0.15, 0.2) is 63.5 Å². The van der Waals surface area contributed by atoms with Gasteiger partial charge in [-0.2, -0.15) is 5.10 Å². The number of aromatic nitrogens is 1. The third kappa shape index (κ3) is 4.43. The minimum Gasteiger partial charge on any atom is -0.494 e. The quantitative estimate of drug-likeness (QED) is 0.443. The van der Waals surface area contributed by atoms with Crippen molar-refractivity contribution in [3.05, 3.63) is 63.9 Å². The Labute approximate surface area is 153 Å². The fraction of sp³-hybridized carbons (Fsp3) is 0.111. The highest BCUT2D eigenvalue weighted by Crippen LogP contribution is 2.26. The van der Waals surface area contributed by atoms with Crippen molar-refractivity contribution in [3.63, 3.8) is 0 Å². The highest BCUT2D eigenvalue weighted by molar-refractivity contribution is 9.10. The summed E-state index contributed by atoms with van der Waals surface area (Å²) in [5, 5.41) is 7.00. The van der Waals surface area contributed by atoms with Gasteiger partial charge in [-0.3, -0.25) is 5.43 Å². The van der Waals surface area contributed by atoms with Gasteiger partial charge in [0, 0.05) is 15.4 Å². The lowest BCUT2D eigenvalue weighted by atomic mass is 10.2. The van der Waals surface area contributed by atoms with Crippen molar-refractivity contribution >= 4 is 38.6 Å². The first-order chi connectivity index (χ1) is 11.7. The summed E-state index contributed by atoms with van der Waals surface area (Å²) >= 11 is 4.96. The molecule has 4 nitrogen and oxygen atoms in total. The van der Waals surface area contributed by atoms with Crippen LogP contribution in [0.3, 0.4) is 0 Å². The number of ether oxygens (including phenoxy) is 1. The Morgan fingerprint density at radius 1 is 1.17 bits per heavy atom. The number of nitrogens with one attached hydrogen (secondary N) is 1. The van der Waals surface area contributed by atoms with Crippen molar-refractivity contribution in [1.82, 2.24) is 4.98 Å². The molecule has 0 saturated heterocycles. The number of hydrogen-bond donors (Lipinski definition) is 1. The van der Waals surface area contributed by atoms with Crippen LogP contribution in [0.1, 0.15) is 12.5 Å². The Morgan fingerprint density at radius 2 is 1.92 bits per heavy atom. The van der Waals surface area contributed by atoms with E-state index in [4.69, 9.17) is 4.74 Å². The van der Waals surface area contributed by atoms with E-state index in [0.29, 0.717) is 6.61 Å². The third-order valence-corrected chi connectivity index (χ3v) is 4.48. The van der Waals surface area contributed by atoms with Gasteiger partial charge in [0.25, 0.3) is 0 Å². The first kappa shape index (κ1) is 16.7. The minimum absolute atomic E-state index is 0.666. The smallest absolute Gasteiger partial charge is 0.203 e. The largest absolute Gasteiger partial charge is 0.494 e. The summed E-state index contributed by atoms with van der Waals surface area (Å²) in [6, 6.07) is 15.9. The van der Waals surface area contributed by atoms with E-state index < -0.39 is 0 Å². The van der Waals surface area contributed by atoms with Crippen LogP contribution in [-0.4, -0.2) is 17.8 Å². The fourth-order valence-electron chi connectivity index (χ4n) is 2.06. The number of hydrazone groups is 1. The van der Waals surface area contributed by atoms with Gasteiger partial charge in [0.2, 0.25) is 5.13 Å². The van der Waals surface area contributed by atoms with Crippen molar-refractivity contribution < 1.29 is 4.74 Å². The van der Waals surface area contributed by atoms with Crippen molar-refractivity contribution in [3.8, 4) is 17.0 Å². The fourth-order valence-corrected chi connectivity index (χ4v) is 2.99. The normalized spacial score (nSPS) is 10.9. The van der Waals surface area contributed by atoms with E-state index in [1.807, 2.05) is 60.8 Å². The van der Waals surface area contributed by atoms with Gasteiger partial charge in [0.1, 0.15) is 5.75 Å². The van der Waals surface area contributed by atoms with Gasteiger partial charge >= 0.3 is 0 Å². The molecule has 3 rings (SSSR count). The SMILES string of the molecule is CCOc1ccc(/C=N/Nc2nc(-c3ccc(Br)cc3)cs2)cc1. The van der Waals surface area contributed by atoms with E-state index >= 15 is 0 Å². The predicted molar refractivity (Wildman–Crippen MR) is 104 cm³/mol. The Morgan fingerprint density at radius 3 is 2.62 bits per heavy atom. The summed E-state index contributed by atoms with van der Waals surface area (Å²) in [7, 11) is 0. The molecule has 0 bridgehead atoms. The Kier molecular flexibility index (Phi) is 5.61. The lowest BCUT2D eigenvalue weighted by Gasteiger charge is -2.02. The molecule has 0 amide bonds. The zero-order chi connectivity index (χ0) is 16.8. The standard InChI is InChI=1S/C18H16BrN3OS/c1-2-23-16-9-3-13(4-10-16)11-20-22-18-21-17(12-24-18)14-5-7-15(19)8-6-14/h3-12H,2H2,1H3,(H,21,22)/b20-11+. The maximum Gasteiger partial charge on any atom is 0.203 e. The molecule has 0 aliphatic heterocycles. The van der Waals surface area contributed by atoms with Crippen LogP contribution in [0, 0.1) is 0 Å². The highest BCUT2D eigenvalue weighted by atomic mass is 79.9. The number of rotatable bonds is 6. The van der Waals surface area contributed by atoms with Gasteiger partial charge in [-0.1, -0.05) is 28.1 Å². The van der Waals surface area contributed by atoms with E-state index in [1.54, 1.807) is 6.21 Å². The molecule has 1 aromatic heterocycles. The third-order valence-electron chi connectivity index (χ3n) is 3.21. The molecule has 3 aromatic rings. The first-order valence-electron chi connectivity index (χ1n) is 7.48. The Balaban J connectivity index is 1.61. The Bertz CT molecular complexity index is 813. The molecule has 0 fully saturated rings. The van der Waals surface area contributed by atoms with Crippen LogP contribution in [0.5, 0.6) is 5.75 Å². The summed E-state index contributed by atoms with van der Waals surface area (Å²) in [5.41, 5.74) is 5.98. The van der Waals surface area contributed by atoms with E-state index in [1.165, 1.54) is 11.3 Å². The molecule has 0 spiro atoms. The van der Waals surface area contributed by atoms with Crippen molar-refractivity contribution in [2.45, 2.75) is 6.92 Å². The molecular formula is C18H16BrN3OS. The molecule has 2 aromatic carbocycles. The number of halogens is 1. The van der Waals surface area contributed by atoms with Crippen molar-refractivity contribution in [1.29, 1.82) is 0 Å². The van der Waals surface area contributed by atoms with Crippen LogP contribution in [0.2, 0.25) is 0 Å². The lowest BCUT2D eigenvalue weighted by molar-refractivity contribution is 0.340. The lowest BCUT2D eigenvalue weighted by Crippen LogP contribution is -1.92. The van der Waals surface area contributed by atoms with Crippen molar-refractivity contribution in [2.75, 3.05) is 12.0 Å². The number of hydrogen-bond acceptors (Lipinski definition) is 5. The summed E-state index contributed by atoms with van der Waals surface area (Å²) in [4.78, 5) is 4.54. The summed E-state index contributed by atoms with van der Waals surface area (Å²) in [6.07, 6.45) is 1.76. The zero-order valence-electron chi connectivity index (χ0n) is 13.1. The molecule has 122 valence electrons. The van der Waals surface area contributed by atoms with Gasteiger partial charge in [0.15, 0.2) is 0 Å². The topological polar surface area (TPSA) is 46.5 Å². The van der Waals surface area contributed by atoms with E-state index in [-0.39, 0.29) is 0 Å². The van der Waals surface area contributed by atoms with Crippen LogP contribution in [0.25, 0.3) is 11.3 Å². The minimum atomic E-state index is 0.666. The first-order valence-corrected chi connectivity index (χ1v) is 9.15. The van der Waals surface area contributed by atoms with Crippen LogP contribution in [0.4, 0.5) is 5.13 Å². The van der Waals surface area contributed by atoms with Gasteiger partial charge in [-0.05, 0) is 48.9 Å². The Hall–Kier alpha value is -2.18. The molecular weight excluding hydrogens is 386 g/mol. The molecule has 24 heavy (non-hydrogen) atoms. The molecule has 0 aliphatic carbocycles. The molecule has 1 N–H and O–H groups in total. The monoisotopic (exact) mass is 401 g/mol. The molecule has 0 saturated carbocycles. The van der Waals surface area contributed by atoms with E-state index in [2.05, 4.69) is 31.4 Å². The number of anilines is 1. The number of benzene rings is 2. The maximum atomic E-state index is 5.42. The zero-order valence-corrected chi connectivity index (χ0v) is 15.5. The number of thiazole rings is 1. The highest BCUT2D eigenvalue weighted by Gasteiger charge is 2.03. The van der Waals surface area contributed by atoms with Crippen molar-refractivity contribution in [2.24, 2.45) is 5.10 Å². The van der Waals surface area contributed by atoms with E-state index in [9.17, 15) is 0 Å². The molecule has 0 unspecified atom stereocenters. The molecule has 6 heteroatoms. The maximum absolute atomic E-state index is 5.42. The van der Waals surface area contributed by atoms with Gasteiger partial charge in [-0.15, -0.1) is 11.3 Å². The average molecular weight is 402 g/mol. The summed E-state index contributed by atoms with van der Waals surface area (Å²) < 4.78 is 6.47.